The number of piperazine rings is 1. The number of aryl methyl sites for hydroxylation is 2. The zero-order chi connectivity index (χ0) is 23.4. The Morgan fingerprint density at radius 3 is 2.48 bits per heavy atom. The molecule has 0 saturated carbocycles. The fourth-order valence-corrected chi connectivity index (χ4v) is 4.04. The maximum absolute atomic E-state index is 13.3. The van der Waals surface area contributed by atoms with Gasteiger partial charge in [0, 0.05) is 44.2 Å². The largest absolute Gasteiger partial charge is 0.355 e. The highest BCUT2D eigenvalue weighted by Gasteiger charge is 2.29. The number of carbonyl (C=O) groups excluding carboxylic acids is 2. The van der Waals surface area contributed by atoms with E-state index < -0.39 is 11.9 Å². The maximum Gasteiger partial charge on any atom is 0.274 e. The molecule has 0 aliphatic carbocycles. The van der Waals surface area contributed by atoms with Gasteiger partial charge in [-0.2, -0.15) is 0 Å². The van der Waals surface area contributed by atoms with Crippen LogP contribution < -0.4 is 5.32 Å². The minimum Gasteiger partial charge on any atom is -0.355 e. The molecule has 2 amide bonds. The molecule has 7 nitrogen and oxygen atoms in total. The molecule has 1 saturated heterocycles. The first-order valence-electron chi connectivity index (χ1n) is 11.3. The zero-order valence-electron chi connectivity index (χ0n) is 19.4. The van der Waals surface area contributed by atoms with Gasteiger partial charge in [0.25, 0.3) is 5.91 Å². The third kappa shape index (κ3) is 5.49. The summed E-state index contributed by atoms with van der Waals surface area (Å²) in [5, 5.41) is 6.90. The lowest BCUT2D eigenvalue weighted by atomic mass is 10.0. The number of amides is 2. The molecule has 3 aromatic rings. The first kappa shape index (κ1) is 22.7. The summed E-state index contributed by atoms with van der Waals surface area (Å²) in [4.78, 5) is 30.4. The molecule has 4 rings (SSSR count). The van der Waals surface area contributed by atoms with Crippen LogP contribution in [0.4, 0.5) is 0 Å². The number of nitrogens with zero attached hydrogens (tertiary/aromatic N) is 3. The van der Waals surface area contributed by atoms with Crippen LogP contribution in [0, 0.1) is 13.8 Å². The molecule has 2 aromatic carbocycles. The maximum atomic E-state index is 13.3. The first-order valence-corrected chi connectivity index (χ1v) is 11.3. The Bertz CT molecular complexity index is 1120. The Hall–Kier alpha value is -3.45. The van der Waals surface area contributed by atoms with Crippen LogP contribution in [-0.4, -0.2) is 66.0 Å². The number of likely N-dealkylation sites (N-methyl/N-ethyl adjacent to an activating group) is 1. The Kier molecular flexibility index (Phi) is 6.89. The third-order valence-electron chi connectivity index (χ3n) is 6.10. The average molecular weight is 447 g/mol. The van der Waals surface area contributed by atoms with Crippen LogP contribution in [0.15, 0.2) is 59.1 Å². The van der Waals surface area contributed by atoms with Gasteiger partial charge in [0.15, 0.2) is 11.5 Å². The Morgan fingerprint density at radius 1 is 1.03 bits per heavy atom. The summed E-state index contributed by atoms with van der Waals surface area (Å²) in [5.41, 5.74) is 4.18. The summed E-state index contributed by atoms with van der Waals surface area (Å²) >= 11 is 0. The normalized spacial score (nSPS) is 15.3. The predicted octanol–water partition coefficient (Wildman–Crippen LogP) is 3.07. The molecule has 1 N–H and O–H groups in total. The van der Waals surface area contributed by atoms with E-state index in [0.717, 1.165) is 35.3 Å². The minimum absolute atomic E-state index is 0.0708. The van der Waals surface area contributed by atoms with Crippen LogP contribution in [-0.2, 0) is 11.2 Å². The summed E-state index contributed by atoms with van der Waals surface area (Å²) in [6.07, 6.45) is 0.416. The van der Waals surface area contributed by atoms with Gasteiger partial charge in [0.1, 0.15) is 6.04 Å². The Morgan fingerprint density at radius 2 is 1.76 bits per heavy atom. The predicted molar refractivity (Wildman–Crippen MR) is 127 cm³/mol. The summed E-state index contributed by atoms with van der Waals surface area (Å²) in [6, 6.07) is 16.7. The quantitative estimate of drug-likeness (QED) is 0.630. The third-order valence-corrected chi connectivity index (χ3v) is 6.10. The molecule has 33 heavy (non-hydrogen) atoms. The number of aromatic nitrogens is 1. The van der Waals surface area contributed by atoms with E-state index in [1.807, 2.05) is 74.3 Å². The van der Waals surface area contributed by atoms with E-state index in [0.29, 0.717) is 25.3 Å². The van der Waals surface area contributed by atoms with Crippen molar-refractivity contribution in [3.8, 4) is 11.3 Å². The zero-order valence-corrected chi connectivity index (χ0v) is 19.4. The van der Waals surface area contributed by atoms with E-state index in [2.05, 4.69) is 15.4 Å². The van der Waals surface area contributed by atoms with E-state index in [4.69, 9.17) is 4.52 Å². The van der Waals surface area contributed by atoms with Crippen molar-refractivity contribution in [3.63, 3.8) is 0 Å². The average Bonchev–Trinajstić information content (AvgIpc) is 3.31. The molecule has 0 bridgehead atoms. The van der Waals surface area contributed by atoms with Gasteiger partial charge >= 0.3 is 0 Å². The number of nitrogens with one attached hydrogen (secondary N) is 1. The highest BCUT2D eigenvalue weighted by molar-refractivity contribution is 5.96. The van der Waals surface area contributed by atoms with E-state index in [1.165, 1.54) is 0 Å². The second-order valence-electron chi connectivity index (χ2n) is 8.74. The van der Waals surface area contributed by atoms with Gasteiger partial charge in [-0.25, -0.2) is 0 Å². The summed E-state index contributed by atoms with van der Waals surface area (Å²) < 4.78 is 5.48. The van der Waals surface area contributed by atoms with Gasteiger partial charge in [-0.15, -0.1) is 0 Å². The molecule has 1 aliphatic rings. The number of hydrogen-bond donors (Lipinski definition) is 1. The van der Waals surface area contributed by atoms with Crippen LogP contribution in [0.1, 0.15) is 27.2 Å². The van der Waals surface area contributed by atoms with Crippen molar-refractivity contribution in [2.75, 3.05) is 33.2 Å². The van der Waals surface area contributed by atoms with Crippen molar-refractivity contribution < 1.29 is 14.1 Å². The van der Waals surface area contributed by atoms with Crippen molar-refractivity contribution in [3.05, 3.63) is 77.0 Å². The molecule has 1 atom stereocenters. The Labute approximate surface area is 194 Å². The second kappa shape index (κ2) is 10.0. The van der Waals surface area contributed by atoms with Crippen LogP contribution >= 0.6 is 0 Å². The molecule has 0 spiro atoms. The molecular formula is C26H30N4O3. The molecular weight excluding hydrogens is 416 g/mol. The van der Waals surface area contributed by atoms with Gasteiger partial charge < -0.3 is 19.6 Å². The van der Waals surface area contributed by atoms with Crippen LogP contribution in [0.2, 0.25) is 0 Å². The van der Waals surface area contributed by atoms with Crippen molar-refractivity contribution in [2.24, 2.45) is 0 Å². The van der Waals surface area contributed by atoms with Gasteiger partial charge in [0.05, 0.1) is 0 Å². The topological polar surface area (TPSA) is 78.7 Å². The molecule has 1 aliphatic heterocycles. The number of rotatable bonds is 6. The first-order chi connectivity index (χ1) is 15.9. The standard InChI is InChI=1S/C26H30N4O3/c1-18-9-10-19(2)21(15-18)24-17-22(28-33-24)25(31)27-23(16-20-7-5-4-6-8-20)26(32)30-13-11-29(3)12-14-30/h4-10,15,17,23H,11-14,16H2,1-3H3,(H,27,31). The van der Waals surface area contributed by atoms with E-state index >= 15 is 0 Å². The van der Waals surface area contributed by atoms with Crippen LogP contribution in [0.5, 0.6) is 0 Å². The van der Waals surface area contributed by atoms with Crippen LogP contribution in [0.3, 0.4) is 0 Å². The van der Waals surface area contributed by atoms with Crippen molar-refractivity contribution in [1.29, 1.82) is 0 Å². The van der Waals surface area contributed by atoms with Crippen molar-refractivity contribution >= 4 is 11.8 Å². The van der Waals surface area contributed by atoms with Gasteiger partial charge in [-0.05, 0) is 38.1 Å². The molecule has 0 radical (unpaired) electrons. The SMILES string of the molecule is Cc1ccc(C)c(-c2cc(C(=O)NC(Cc3ccccc3)C(=O)N3CCN(C)CC3)no2)c1. The van der Waals surface area contributed by atoms with Gasteiger partial charge in [-0.3, -0.25) is 9.59 Å². The lowest BCUT2D eigenvalue weighted by Gasteiger charge is -2.34. The summed E-state index contributed by atoms with van der Waals surface area (Å²) in [6.45, 7) is 6.93. The highest BCUT2D eigenvalue weighted by Crippen LogP contribution is 2.25. The smallest absolute Gasteiger partial charge is 0.274 e. The highest BCUT2D eigenvalue weighted by atomic mass is 16.5. The number of carbonyl (C=O) groups is 2. The minimum atomic E-state index is -0.677. The van der Waals surface area contributed by atoms with Crippen LogP contribution in [0.25, 0.3) is 11.3 Å². The number of benzene rings is 2. The molecule has 1 unspecified atom stereocenters. The molecule has 1 fully saturated rings. The fraction of sp³-hybridized carbons (Fsp3) is 0.346. The van der Waals surface area contributed by atoms with E-state index in [-0.39, 0.29) is 11.6 Å². The lowest BCUT2D eigenvalue weighted by molar-refractivity contribution is -0.134. The number of hydrogen-bond acceptors (Lipinski definition) is 5. The van der Waals surface area contributed by atoms with E-state index in [1.54, 1.807) is 6.07 Å². The summed E-state index contributed by atoms with van der Waals surface area (Å²) in [7, 11) is 2.04. The van der Waals surface area contributed by atoms with Gasteiger partial charge in [0.2, 0.25) is 5.91 Å². The fourth-order valence-electron chi connectivity index (χ4n) is 4.04. The molecule has 172 valence electrons. The summed E-state index contributed by atoms with van der Waals surface area (Å²) in [5.74, 6) is 0.0450. The van der Waals surface area contributed by atoms with Crippen molar-refractivity contribution in [1.82, 2.24) is 20.3 Å². The lowest BCUT2D eigenvalue weighted by Crippen LogP contribution is -2.55. The molecule has 7 heteroatoms. The molecule has 1 aromatic heterocycles. The second-order valence-corrected chi connectivity index (χ2v) is 8.74. The van der Waals surface area contributed by atoms with Gasteiger partial charge in [-0.1, -0.05) is 53.2 Å². The monoisotopic (exact) mass is 446 g/mol. The Balaban J connectivity index is 1.53. The molecule has 2 heterocycles. The van der Waals surface area contributed by atoms with E-state index in [9.17, 15) is 9.59 Å². The van der Waals surface area contributed by atoms with Crippen molar-refractivity contribution in [2.45, 2.75) is 26.3 Å².